The molecule has 0 bridgehead atoms. The van der Waals surface area contributed by atoms with Crippen molar-refractivity contribution >= 4 is 21.4 Å². The van der Waals surface area contributed by atoms with Gasteiger partial charge in [0.15, 0.2) is 0 Å². The predicted molar refractivity (Wildman–Crippen MR) is 80.5 cm³/mol. The maximum absolute atomic E-state index is 12.5. The van der Waals surface area contributed by atoms with Gasteiger partial charge in [-0.25, -0.2) is 13.1 Å². The highest BCUT2D eigenvalue weighted by Crippen LogP contribution is 2.23. The summed E-state index contributed by atoms with van der Waals surface area (Å²) in [7, 11) is -3.46. The average Bonchev–Trinajstić information content (AvgIpc) is 3.00. The van der Waals surface area contributed by atoms with Gasteiger partial charge in [-0.15, -0.1) is 11.3 Å². The molecule has 2 atom stereocenters. The van der Waals surface area contributed by atoms with Gasteiger partial charge in [0.05, 0.1) is 17.0 Å². The van der Waals surface area contributed by atoms with E-state index >= 15 is 0 Å². The summed E-state index contributed by atoms with van der Waals surface area (Å²) >= 11 is 1.47. The van der Waals surface area contributed by atoms with E-state index in [1.807, 2.05) is 12.3 Å². The smallest absolute Gasteiger partial charge is 0.242 e. The van der Waals surface area contributed by atoms with E-state index in [0.29, 0.717) is 18.0 Å². The van der Waals surface area contributed by atoms with E-state index in [9.17, 15) is 8.42 Å². The number of nitrogens with one attached hydrogen (secondary N) is 2. The zero-order valence-corrected chi connectivity index (χ0v) is 13.5. The van der Waals surface area contributed by atoms with Gasteiger partial charge in [-0.2, -0.15) is 0 Å². The number of thiophene rings is 1. The average molecular weight is 318 g/mol. The van der Waals surface area contributed by atoms with E-state index in [1.165, 1.54) is 11.3 Å². The molecule has 1 aliphatic rings. The summed E-state index contributed by atoms with van der Waals surface area (Å²) in [6.45, 7) is 6.08. The van der Waals surface area contributed by atoms with Crippen LogP contribution in [0.1, 0.15) is 31.6 Å². The van der Waals surface area contributed by atoms with Gasteiger partial charge in [-0.3, -0.25) is 0 Å². The van der Waals surface area contributed by atoms with Gasteiger partial charge in [-0.1, -0.05) is 6.92 Å². The first-order chi connectivity index (χ1) is 9.54. The zero-order valence-electron chi connectivity index (χ0n) is 11.9. The minimum absolute atomic E-state index is 0.0647. The molecule has 0 spiro atoms. The summed E-state index contributed by atoms with van der Waals surface area (Å²) in [5, 5.41) is 5.07. The molecule has 20 heavy (non-hydrogen) atoms. The van der Waals surface area contributed by atoms with Crippen LogP contribution in [0.4, 0.5) is 0 Å². The summed E-state index contributed by atoms with van der Waals surface area (Å²) in [6, 6.07) is 1.55. The summed E-state index contributed by atoms with van der Waals surface area (Å²) in [5.41, 5.74) is 0. The molecule has 1 aromatic rings. The van der Waals surface area contributed by atoms with Crippen LogP contribution in [0.3, 0.4) is 0 Å². The molecule has 1 fully saturated rings. The molecule has 0 aliphatic carbocycles. The lowest BCUT2D eigenvalue weighted by molar-refractivity contribution is 0.117. The third-order valence-electron chi connectivity index (χ3n) is 3.39. The van der Waals surface area contributed by atoms with Crippen LogP contribution < -0.4 is 10.0 Å². The monoisotopic (exact) mass is 318 g/mol. The molecule has 114 valence electrons. The van der Waals surface area contributed by atoms with E-state index in [1.54, 1.807) is 6.07 Å². The second kappa shape index (κ2) is 7.00. The lowest BCUT2D eigenvalue weighted by atomic mass is 10.2. The summed E-state index contributed by atoms with van der Waals surface area (Å²) in [5.74, 6) is 0. The van der Waals surface area contributed by atoms with E-state index < -0.39 is 10.0 Å². The molecule has 1 aliphatic heterocycles. The minimum Gasteiger partial charge on any atom is -0.377 e. The highest BCUT2D eigenvalue weighted by Gasteiger charge is 2.30. The van der Waals surface area contributed by atoms with E-state index in [0.717, 1.165) is 24.3 Å². The van der Waals surface area contributed by atoms with Crippen molar-refractivity contribution in [3.05, 3.63) is 16.3 Å². The maximum Gasteiger partial charge on any atom is 0.242 e. The highest BCUT2D eigenvalue weighted by atomic mass is 32.2. The third-order valence-corrected chi connectivity index (χ3v) is 6.01. The fourth-order valence-corrected chi connectivity index (χ4v) is 4.98. The van der Waals surface area contributed by atoms with Gasteiger partial charge < -0.3 is 10.1 Å². The molecule has 0 aromatic carbocycles. The van der Waals surface area contributed by atoms with Gasteiger partial charge in [0, 0.05) is 18.0 Å². The fourth-order valence-electron chi connectivity index (χ4n) is 2.23. The van der Waals surface area contributed by atoms with E-state index in [4.69, 9.17) is 4.74 Å². The van der Waals surface area contributed by atoms with Crippen molar-refractivity contribution in [1.29, 1.82) is 0 Å². The molecule has 0 saturated carbocycles. The van der Waals surface area contributed by atoms with Gasteiger partial charge in [0.2, 0.25) is 10.0 Å². The van der Waals surface area contributed by atoms with Crippen LogP contribution in [0, 0.1) is 0 Å². The molecule has 1 saturated heterocycles. The lowest BCUT2D eigenvalue weighted by Gasteiger charge is -2.16. The Morgan fingerprint density at radius 3 is 2.95 bits per heavy atom. The van der Waals surface area contributed by atoms with Crippen LogP contribution in [-0.4, -0.2) is 33.7 Å². The molecule has 2 N–H and O–H groups in total. The summed E-state index contributed by atoms with van der Waals surface area (Å²) < 4.78 is 33.1. The number of hydrogen-bond acceptors (Lipinski definition) is 5. The number of hydrogen-bond donors (Lipinski definition) is 2. The topological polar surface area (TPSA) is 67.4 Å². The Balaban J connectivity index is 2.07. The molecule has 5 nitrogen and oxygen atoms in total. The molecular formula is C13H22N2O3S2. The standard InChI is InChI=1S/C13H22N2O3S2/c1-3-6-14-9-12-13(5-8-19-12)20(16,17)15-11-4-7-18-10(11)2/h5,8,10-11,14-15H,3-4,6-7,9H2,1-2H3. The van der Waals surface area contributed by atoms with Crippen LogP contribution in [0.25, 0.3) is 0 Å². The predicted octanol–water partition coefficient (Wildman–Crippen LogP) is 1.70. The molecule has 2 unspecified atom stereocenters. The Labute approximate surface area is 124 Å². The van der Waals surface area contributed by atoms with Crippen molar-refractivity contribution in [2.45, 2.75) is 50.3 Å². The Morgan fingerprint density at radius 2 is 2.30 bits per heavy atom. The number of sulfonamides is 1. The Bertz CT molecular complexity index is 527. The minimum atomic E-state index is -3.46. The summed E-state index contributed by atoms with van der Waals surface area (Å²) in [4.78, 5) is 1.25. The first-order valence-electron chi connectivity index (χ1n) is 6.95. The van der Waals surface area contributed by atoms with Crippen LogP contribution in [0.2, 0.25) is 0 Å². The SMILES string of the molecule is CCCNCc1sccc1S(=O)(=O)NC1CCOC1C. The molecule has 1 aromatic heterocycles. The van der Waals surface area contributed by atoms with Crippen LogP contribution in [0.5, 0.6) is 0 Å². The Hall–Kier alpha value is -0.470. The molecular weight excluding hydrogens is 296 g/mol. The van der Waals surface area contributed by atoms with Crippen LogP contribution >= 0.6 is 11.3 Å². The van der Waals surface area contributed by atoms with E-state index in [2.05, 4.69) is 17.0 Å². The van der Waals surface area contributed by atoms with Crippen molar-refractivity contribution in [2.75, 3.05) is 13.2 Å². The molecule has 0 radical (unpaired) electrons. The summed E-state index contributed by atoms with van der Waals surface area (Å²) in [6.07, 6.45) is 1.70. The second-order valence-electron chi connectivity index (χ2n) is 4.98. The Morgan fingerprint density at radius 1 is 1.50 bits per heavy atom. The zero-order chi connectivity index (χ0) is 14.6. The Kier molecular flexibility index (Phi) is 5.57. The van der Waals surface area contributed by atoms with Crippen molar-refractivity contribution in [2.24, 2.45) is 0 Å². The first kappa shape index (κ1) is 15.9. The number of ether oxygens (including phenoxy) is 1. The van der Waals surface area contributed by atoms with Gasteiger partial charge in [0.1, 0.15) is 0 Å². The van der Waals surface area contributed by atoms with Crippen LogP contribution in [-0.2, 0) is 21.3 Å². The molecule has 2 rings (SSSR count). The van der Waals surface area contributed by atoms with E-state index in [-0.39, 0.29) is 12.1 Å². The normalized spacial score (nSPS) is 23.3. The number of rotatable bonds is 7. The highest BCUT2D eigenvalue weighted by molar-refractivity contribution is 7.89. The van der Waals surface area contributed by atoms with Crippen molar-refractivity contribution in [1.82, 2.24) is 10.0 Å². The van der Waals surface area contributed by atoms with Crippen molar-refractivity contribution in [3.63, 3.8) is 0 Å². The second-order valence-corrected chi connectivity index (χ2v) is 7.66. The van der Waals surface area contributed by atoms with Crippen LogP contribution in [0.15, 0.2) is 16.3 Å². The fraction of sp³-hybridized carbons (Fsp3) is 0.692. The maximum atomic E-state index is 12.5. The lowest BCUT2D eigenvalue weighted by Crippen LogP contribution is -2.39. The van der Waals surface area contributed by atoms with Gasteiger partial charge in [0.25, 0.3) is 0 Å². The molecule has 7 heteroatoms. The largest absolute Gasteiger partial charge is 0.377 e. The molecule has 0 amide bonds. The van der Waals surface area contributed by atoms with Gasteiger partial charge in [-0.05, 0) is 37.8 Å². The molecule has 2 heterocycles. The van der Waals surface area contributed by atoms with Crippen molar-refractivity contribution < 1.29 is 13.2 Å². The van der Waals surface area contributed by atoms with Crippen molar-refractivity contribution in [3.8, 4) is 0 Å². The third kappa shape index (κ3) is 3.79. The first-order valence-corrected chi connectivity index (χ1v) is 9.32. The quantitative estimate of drug-likeness (QED) is 0.751. The van der Waals surface area contributed by atoms with Gasteiger partial charge >= 0.3 is 0 Å².